The fraction of sp³-hybridized carbons (Fsp3) is 0.458. The monoisotopic (exact) mass is 503 g/mol. The standard InChI is InChI=1S/C24H26ClN3O7/c1-11(2)8-16(29)31-10-15-20-24(3,35-22(34-20)12-4-6-13(25)7-5-12)19(33-15)14-9-32-18-17(14)27-23(26)28-21(18)30/h4-7,9,11,15,19-20,22H,8,10H2,1-3H3,(H3,26,27,28,30)/t15-,19+,20-,22?,24+/m1/s1. The molecule has 0 bridgehead atoms. The van der Waals surface area contributed by atoms with Gasteiger partial charge in [-0.05, 0) is 25.0 Å². The number of carbonyl (C=O) groups excluding carboxylic acids is 1. The third-order valence-electron chi connectivity index (χ3n) is 6.25. The van der Waals surface area contributed by atoms with Crippen LogP contribution in [0.5, 0.6) is 0 Å². The van der Waals surface area contributed by atoms with Crippen LogP contribution in [0.4, 0.5) is 5.95 Å². The van der Waals surface area contributed by atoms with Gasteiger partial charge in [-0.25, -0.2) is 4.98 Å². The van der Waals surface area contributed by atoms with Gasteiger partial charge in [0.15, 0.2) is 6.29 Å². The van der Waals surface area contributed by atoms with Gasteiger partial charge in [-0.3, -0.25) is 14.6 Å². The number of aromatic amines is 1. The van der Waals surface area contributed by atoms with E-state index in [0.717, 1.165) is 5.56 Å². The van der Waals surface area contributed by atoms with Gasteiger partial charge < -0.3 is 29.1 Å². The van der Waals surface area contributed by atoms with Crippen molar-refractivity contribution >= 4 is 34.6 Å². The molecule has 1 unspecified atom stereocenters. The lowest BCUT2D eigenvalue weighted by Crippen LogP contribution is -2.41. The van der Waals surface area contributed by atoms with Crippen LogP contribution in [0.2, 0.25) is 5.02 Å². The molecule has 0 radical (unpaired) electrons. The highest BCUT2D eigenvalue weighted by atomic mass is 35.5. The molecule has 4 heterocycles. The van der Waals surface area contributed by atoms with E-state index in [-0.39, 0.29) is 35.5 Å². The molecule has 186 valence electrons. The minimum atomic E-state index is -1.02. The fourth-order valence-corrected chi connectivity index (χ4v) is 4.76. The number of H-pyrrole nitrogens is 1. The number of nitrogens with zero attached hydrogens (tertiary/aromatic N) is 1. The Morgan fingerprint density at radius 3 is 2.74 bits per heavy atom. The van der Waals surface area contributed by atoms with Gasteiger partial charge in [0.2, 0.25) is 11.5 Å². The number of hydrogen-bond acceptors (Lipinski definition) is 9. The minimum Gasteiger partial charge on any atom is -0.463 e. The normalized spacial score (nSPS) is 28.0. The molecule has 11 heteroatoms. The minimum absolute atomic E-state index is 0.0229. The summed E-state index contributed by atoms with van der Waals surface area (Å²) < 4.78 is 30.1. The Labute approximate surface area is 205 Å². The van der Waals surface area contributed by atoms with Crippen molar-refractivity contribution in [2.24, 2.45) is 5.92 Å². The molecule has 35 heavy (non-hydrogen) atoms. The lowest BCUT2D eigenvalue weighted by atomic mass is 9.89. The number of fused-ring (bicyclic) bond motifs is 2. The van der Waals surface area contributed by atoms with Gasteiger partial charge in [-0.1, -0.05) is 37.6 Å². The van der Waals surface area contributed by atoms with Crippen LogP contribution in [0.25, 0.3) is 11.1 Å². The molecule has 5 rings (SSSR count). The summed E-state index contributed by atoms with van der Waals surface area (Å²) in [5.41, 5.74) is 5.82. The second-order valence-electron chi connectivity index (χ2n) is 9.40. The second-order valence-corrected chi connectivity index (χ2v) is 9.83. The maximum Gasteiger partial charge on any atom is 0.306 e. The van der Waals surface area contributed by atoms with Crippen molar-refractivity contribution in [1.82, 2.24) is 9.97 Å². The Morgan fingerprint density at radius 1 is 1.29 bits per heavy atom. The zero-order valence-electron chi connectivity index (χ0n) is 19.4. The van der Waals surface area contributed by atoms with Crippen LogP contribution in [0.15, 0.2) is 39.7 Å². The highest BCUT2D eigenvalue weighted by molar-refractivity contribution is 6.30. The molecular formula is C24H26ClN3O7. The molecule has 1 aromatic carbocycles. The first-order valence-electron chi connectivity index (χ1n) is 11.3. The molecule has 0 saturated carbocycles. The van der Waals surface area contributed by atoms with E-state index >= 15 is 0 Å². The molecule has 2 aromatic heterocycles. The molecule has 0 spiro atoms. The first kappa shape index (κ1) is 23.8. The summed E-state index contributed by atoms with van der Waals surface area (Å²) in [6, 6.07) is 7.14. The Morgan fingerprint density at radius 2 is 2.03 bits per heavy atom. The van der Waals surface area contributed by atoms with Crippen molar-refractivity contribution in [3.63, 3.8) is 0 Å². The highest BCUT2D eigenvalue weighted by Crippen LogP contribution is 2.54. The zero-order chi connectivity index (χ0) is 24.9. The topological polar surface area (TPSA) is 139 Å². The van der Waals surface area contributed by atoms with Crippen molar-refractivity contribution in [1.29, 1.82) is 0 Å². The van der Waals surface area contributed by atoms with E-state index in [0.29, 0.717) is 17.0 Å². The van der Waals surface area contributed by atoms with Crippen molar-refractivity contribution in [2.75, 3.05) is 12.3 Å². The van der Waals surface area contributed by atoms with Gasteiger partial charge in [0.1, 0.15) is 36.0 Å². The van der Waals surface area contributed by atoms with Crippen LogP contribution in [0, 0.1) is 5.92 Å². The number of rotatable bonds is 6. The molecule has 2 saturated heterocycles. The van der Waals surface area contributed by atoms with E-state index in [9.17, 15) is 9.59 Å². The lowest BCUT2D eigenvalue weighted by molar-refractivity contribution is -0.167. The number of hydrogen-bond donors (Lipinski definition) is 2. The first-order chi connectivity index (χ1) is 16.7. The van der Waals surface area contributed by atoms with Crippen molar-refractivity contribution < 1.29 is 28.2 Å². The van der Waals surface area contributed by atoms with Crippen LogP contribution in [0.3, 0.4) is 0 Å². The predicted octanol–water partition coefficient (Wildman–Crippen LogP) is 3.65. The molecule has 5 atom stereocenters. The second kappa shape index (κ2) is 8.94. The summed E-state index contributed by atoms with van der Waals surface area (Å²) in [5.74, 6) is -0.208. The summed E-state index contributed by atoms with van der Waals surface area (Å²) in [6.45, 7) is 5.71. The third kappa shape index (κ3) is 4.31. The van der Waals surface area contributed by atoms with Gasteiger partial charge >= 0.3 is 5.97 Å². The number of ether oxygens (including phenoxy) is 4. The van der Waals surface area contributed by atoms with Crippen LogP contribution in [-0.2, 0) is 23.7 Å². The number of benzene rings is 1. The average molecular weight is 504 g/mol. The molecular weight excluding hydrogens is 478 g/mol. The Bertz CT molecular complexity index is 1300. The highest BCUT2D eigenvalue weighted by Gasteiger charge is 2.62. The van der Waals surface area contributed by atoms with E-state index in [2.05, 4.69) is 9.97 Å². The number of anilines is 1. The fourth-order valence-electron chi connectivity index (χ4n) is 4.63. The van der Waals surface area contributed by atoms with Gasteiger partial charge in [-0.15, -0.1) is 0 Å². The number of nitrogens with two attached hydrogens (primary N) is 1. The van der Waals surface area contributed by atoms with Crippen molar-refractivity contribution in [3.05, 3.63) is 57.0 Å². The van der Waals surface area contributed by atoms with E-state index in [1.165, 1.54) is 6.26 Å². The van der Waals surface area contributed by atoms with Crippen LogP contribution in [-0.4, -0.2) is 40.4 Å². The molecule has 10 nitrogen and oxygen atoms in total. The first-order valence-corrected chi connectivity index (χ1v) is 11.7. The van der Waals surface area contributed by atoms with Gasteiger partial charge in [0, 0.05) is 22.6 Å². The summed E-state index contributed by atoms with van der Waals surface area (Å²) in [4.78, 5) is 31.2. The molecule has 0 aliphatic carbocycles. The molecule has 3 aromatic rings. The molecule has 2 aliphatic rings. The van der Waals surface area contributed by atoms with Crippen molar-refractivity contribution in [2.45, 2.75) is 57.4 Å². The van der Waals surface area contributed by atoms with E-state index in [1.54, 1.807) is 12.1 Å². The van der Waals surface area contributed by atoms with Gasteiger partial charge in [-0.2, -0.15) is 0 Å². The van der Waals surface area contributed by atoms with Gasteiger partial charge in [0.25, 0.3) is 5.56 Å². The maximum atomic E-state index is 12.3. The number of carbonyl (C=O) groups is 1. The van der Waals surface area contributed by atoms with Crippen molar-refractivity contribution in [3.8, 4) is 0 Å². The summed E-state index contributed by atoms with van der Waals surface area (Å²) in [7, 11) is 0. The lowest BCUT2D eigenvalue weighted by Gasteiger charge is -2.27. The van der Waals surface area contributed by atoms with Crippen LogP contribution >= 0.6 is 11.6 Å². The summed E-state index contributed by atoms with van der Waals surface area (Å²) >= 11 is 6.04. The third-order valence-corrected chi connectivity index (χ3v) is 6.50. The molecule has 2 fully saturated rings. The summed E-state index contributed by atoms with van der Waals surface area (Å²) in [5, 5.41) is 0.591. The molecule has 0 amide bonds. The average Bonchev–Trinajstić information content (AvgIpc) is 3.42. The SMILES string of the molecule is CC(C)CC(=O)OC[C@H]1O[C@@H](c2coc3c(=O)[nH]c(N)nc23)[C@]2(C)OC(c3ccc(Cl)cc3)O[C@H]12. The Hall–Kier alpha value is -2.92. The smallest absolute Gasteiger partial charge is 0.306 e. The number of nitrogen functional groups attached to an aromatic ring is 1. The van der Waals surface area contributed by atoms with Crippen LogP contribution < -0.4 is 11.3 Å². The number of furan rings is 1. The maximum absolute atomic E-state index is 12.3. The van der Waals surface area contributed by atoms with E-state index in [1.807, 2.05) is 32.9 Å². The largest absolute Gasteiger partial charge is 0.463 e. The van der Waals surface area contributed by atoms with Crippen LogP contribution in [0.1, 0.15) is 50.7 Å². The number of halogens is 1. The molecule has 3 N–H and O–H groups in total. The summed E-state index contributed by atoms with van der Waals surface area (Å²) in [6.07, 6.45) is -0.977. The zero-order valence-corrected chi connectivity index (χ0v) is 20.2. The number of aromatic nitrogens is 2. The van der Waals surface area contributed by atoms with E-state index in [4.69, 9.17) is 40.7 Å². The predicted molar refractivity (Wildman–Crippen MR) is 126 cm³/mol. The molecule has 2 aliphatic heterocycles. The number of nitrogens with one attached hydrogen (secondary N) is 1. The Balaban J connectivity index is 1.49. The van der Waals surface area contributed by atoms with Gasteiger partial charge in [0.05, 0.1) is 6.26 Å². The number of esters is 1. The quantitative estimate of drug-likeness (QED) is 0.482. The Kier molecular flexibility index (Phi) is 6.08. The van der Waals surface area contributed by atoms with E-state index < -0.39 is 35.8 Å².